The zero-order valence-corrected chi connectivity index (χ0v) is 13.8. The standard InChI is InChI=1S/C17H24N2OS/c1-13(2)19-10-15(9-17-11-18-12-21-17)8-14-4-6-16(20-3)7-5-14/h4-7,11-13,15,19H,8-10H2,1-3H3. The number of nitrogens with zero attached hydrogens (tertiary/aromatic N) is 1. The molecule has 0 saturated heterocycles. The lowest BCUT2D eigenvalue weighted by Gasteiger charge is -2.19. The van der Waals surface area contributed by atoms with Gasteiger partial charge in [0, 0.05) is 17.1 Å². The number of rotatable bonds is 8. The SMILES string of the molecule is COc1ccc(CC(CNC(C)C)Cc2cncs2)cc1. The molecule has 1 heterocycles. The topological polar surface area (TPSA) is 34.1 Å². The van der Waals surface area contributed by atoms with Gasteiger partial charge in [0.15, 0.2) is 0 Å². The Bertz CT molecular complexity index is 508. The fourth-order valence-electron chi connectivity index (χ4n) is 2.34. The van der Waals surface area contributed by atoms with Gasteiger partial charge < -0.3 is 10.1 Å². The van der Waals surface area contributed by atoms with Gasteiger partial charge in [-0.2, -0.15) is 0 Å². The smallest absolute Gasteiger partial charge is 0.118 e. The quantitative estimate of drug-likeness (QED) is 0.810. The molecule has 114 valence electrons. The van der Waals surface area contributed by atoms with Crippen molar-refractivity contribution in [2.24, 2.45) is 5.92 Å². The lowest BCUT2D eigenvalue weighted by molar-refractivity contribution is 0.414. The Kier molecular flexibility index (Phi) is 6.21. The van der Waals surface area contributed by atoms with Gasteiger partial charge >= 0.3 is 0 Å². The minimum Gasteiger partial charge on any atom is -0.497 e. The number of methoxy groups -OCH3 is 1. The first-order valence-corrected chi connectivity index (χ1v) is 8.29. The zero-order chi connectivity index (χ0) is 15.1. The molecule has 0 bridgehead atoms. The first kappa shape index (κ1) is 16.0. The molecule has 0 radical (unpaired) electrons. The summed E-state index contributed by atoms with van der Waals surface area (Å²) in [6.45, 7) is 5.41. The van der Waals surface area contributed by atoms with Crippen LogP contribution in [-0.4, -0.2) is 24.7 Å². The van der Waals surface area contributed by atoms with Crippen molar-refractivity contribution < 1.29 is 4.74 Å². The van der Waals surface area contributed by atoms with E-state index in [1.54, 1.807) is 18.4 Å². The highest BCUT2D eigenvalue weighted by Crippen LogP contribution is 2.19. The van der Waals surface area contributed by atoms with Crippen LogP contribution >= 0.6 is 11.3 Å². The number of nitrogens with one attached hydrogen (secondary N) is 1. The van der Waals surface area contributed by atoms with Crippen molar-refractivity contribution in [3.8, 4) is 5.75 Å². The summed E-state index contributed by atoms with van der Waals surface area (Å²) in [4.78, 5) is 5.54. The summed E-state index contributed by atoms with van der Waals surface area (Å²) in [5.74, 6) is 1.50. The lowest BCUT2D eigenvalue weighted by atomic mass is 9.95. The molecule has 4 heteroatoms. The summed E-state index contributed by atoms with van der Waals surface area (Å²) in [7, 11) is 1.70. The highest BCUT2D eigenvalue weighted by atomic mass is 32.1. The summed E-state index contributed by atoms with van der Waals surface area (Å²) in [6.07, 6.45) is 4.14. The van der Waals surface area contributed by atoms with Crippen molar-refractivity contribution in [2.75, 3.05) is 13.7 Å². The Morgan fingerprint density at radius 1 is 1.19 bits per heavy atom. The first-order valence-electron chi connectivity index (χ1n) is 7.41. The van der Waals surface area contributed by atoms with E-state index in [-0.39, 0.29) is 0 Å². The third kappa shape index (κ3) is 5.48. The largest absolute Gasteiger partial charge is 0.497 e. The second-order valence-corrected chi connectivity index (χ2v) is 6.62. The van der Waals surface area contributed by atoms with Crippen LogP contribution in [0, 0.1) is 5.92 Å². The van der Waals surface area contributed by atoms with E-state index < -0.39 is 0 Å². The Hall–Kier alpha value is -1.39. The van der Waals surface area contributed by atoms with E-state index in [2.05, 4.69) is 36.3 Å². The summed E-state index contributed by atoms with van der Waals surface area (Å²) in [5, 5.41) is 3.56. The highest BCUT2D eigenvalue weighted by molar-refractivity contribution is 7.09. The van der Waals surface area contributed by atoms with Crippen LogP contribution in [0.3, 0.4) is 0 Å². The van der Waals surface area contributed by atoms with Crippen LogP contribution in [0.2, 0.25) is 0 Å². The van der Waals surface area contributed by atoms with Gasteiger partial charge in [0.1, 0.15) is 5.75 Å². The molecule has 0 fully saturated rings. The molecule has 0 aliphatic carbocycles. The monoisotopic (exact) mass is 304 g/mol. The molecule has 1 atom stereocenters. The Labute approximate surface area is 131 Å². The maximum Gasteiger partial charge on any atom is 0.118 e. The van der Waals surface area contributed by atoms with Crippen LogP contribution < -0.4 is 10.1 Å². The first-order chi connectivity index (χ1) is 10.2. The number of hydrogen-bond donors (Lipinski definition) is 1. The van der Waals surface area contributed by atoms with Gasteiger partial charge in [0.2, 0.25) is 0 Å². The van der Waals surface area contributed by atoms with E-state index in [0.29, 0.717) is 12.0 Å². The van der Waals surface area contributed by atoms with Crippen molar-refractivity contribution in [3.63, 3.8) is 0 Å². The summed E-state index contributed by atoms with van der Waals surface area (Å²) in [5.41, 5.74) is 3.27. The molecule has 1 aromatic carbocycles. The molecule has 1 aromatic heterocycles. The van der Waals surface area contributed by atoms with E-state index in [1.807, 2.05) is 23.8 Å². The van der Waals surface area contributed by atoms with Crippen molar-refractivity contribution in [1.82, 2.24) is 10.3 Å². The summed E-state index contributed by atoms with van der Waals surface area (Å²) in [6, 6.07) is 8.91. The van der Waals surface area contributed by atoms with E-state index in [4.69, 9.17) is 4.74 Å². The van der Waals surface area contributed by atoms with Gasteiger partial charge in [-0.15, -0.1) is 11.3 Å². The molecular weight excluding hydrogens is 280 g/mol. The normalized spacial score (nSPS) is 12.6. The van der Waals surface area contributed by atoms with Crippen LogP contribution in [0.15, 0.2) is 36.0 Å². The second-order valence-electron chi connectivity index (χ2n) is 5.65. The van der Waals surface area contributed by atoms with Crippen LogP contribution in [0.25, 0.3) is 0 Å². The Morgan fingerprint density at radius 2 is 1.95 bits per heavy atom. The summed E-state index contributed by atoms with van der Waals surface area (Å²) >= 11 is 1.74. The number of thiazole rings is 1. The molecule has 0 aliphatic heterocycles. The van der Waals surface area contributed by atoms with Crippen molar-refractivity contribution in [2.45, 2.75) is 32.7 Å². The minimum absolute atomic E-state index is 0.518. The van der Waals surface area contributed by atoms with Crippen LogP contribution in [0.1, 0.15) is 24.3 Å². The fraction of sp³-hybridized carbons (Fsp3) is 0.471. The molecule has 1 N–H and O–H groups in total. The van der Waals surface area contributed by atoms with Gasteiger partial charge in [0.05, 0.1) is 12.6 Å². The van der Waals surface area contributed by atoms with E-state index in [9.17, 15) is 0 Å². The maximum absolute atomic E-state index is 5.22. The molecule has 1 unspecified atom stereocenters. The van der Waals surface area contributed by atoms with Gasteiger partial charge in [-0.3, -0.25) is 4.98 Å². The Morgan fingerprint density at radius 3 is 2.52 bits per heavy atom. The Balaban J connectivity index is 1.99. The molecule has 3 nitrogen and oxygen atoms in total. The fourth-order valence-corrected chi connectivity index (χ4v) is 3.05. The molecule has 2 rings (SSSR count). The van der Waals surface area contributed by atoms with Crippen molar-refractivity contribution >= 4 is 11.3 Å². The van der Waals surface area contributed by atoms with E-state index in [1.165, 1.54) is 10.4 Å². The molecular formula is C17H24N2OS. The average Bonchev–Trinajstić information content (AvgIpc) is 2.98. The molecule has 0 amide bonds. The molecule has 2 aromatic rings. The average molecular weight is 304 g/mol. The molecule has 0 spiro atoms. The summed E-state index contributed by atoms with van der Waals surface area (Å²) < 4.78 is 5.22. The van der Waals surface area contributed by atoms with Crippen LogP contribution in [0.4, 0.5) is 0 Å². The molecule has 21 heavy (non-hydrogen) atoms. The maximum atomic E-state index is 5.22. The van der Waals surface area contributed by atoms with Crippen molar-refractivity contribution in [3.05, 3.63) is 46.4 Å². The minimum atomic E-state index is 0.518. The molecule has 0 aliphatic rings. The van der Waals surface area contributed by atoms with Gasteiger partial charge in [-0.05, 0) is 43.0 Å². The van der Waals surface area contributed by atoms with E-state index >= 15 is 0 Å². The van der Waals surface area contributed by atoms with Gasteiger partial charge in [-0.1, -0.05) is 26.0 Å². The second kappa shape index (κ2) is 8.15. The lowest BCUT2D eigenvalue weighted by Crippen LogP contribution is -2.30. The third-order valence-corrected chi connectivity index (χ3v) is 4.27. The van der Waals surface area contributed by atoms with Crippen LogP contribution in [-0.2, 0) is 12.8 Å². The predicted molar refractivity (Wildman–Crippen MR) is 89.1 cm³/mol. The number of benzene rings is 1. The zero-order valence-electron chi connectivity index (χ0n) is 13.0. The van der Waals surface area contributed by atoms with Crippen molar-refractivity contribution in [1.29, 1.82) is 0 Å². The predicted octanol–water partition coefficient (Wildman–Crippen LogP) is 3.55. The number of aromatic nitrogens is 1. The number of ether oxygens (including phenoxy) is 1. The van der Waals surface area contributed by atoms with Gasteiger partial charge in [0.25, 0.3) is 0 Å². The van der Waals surface area contributed by atoms with Crippen LogP contribution in [0.5, 0.6) is 5.75 Å². The third-order valence-electron chi connectivity index (χ3n) is 3.47. The number of hydrogen-bond acceptors (Lipinski definition) is 4. The van der Waals surface area contributed by atoms with Gasteiger partial charge in [-0.25, -0.2) is 0 Å². The molecule has 0 saturated carbocycles. The van der Waals surface area contributed by atoms with E-state index in [0.717, 1.165) is 25.1 Å². The highest BCUT2D eigenvalue weighted by Gasteiger charge is 2.12.